The standard InChI is InChI=1S/C34H29BrN4O4S2/c1-3-29(33(42)39-34-38-27-17-16-25(43-2)20-30(27)45-34)44-26-11-7-10-24(19-26)36-32(41)28(18-21-12-14-23(35)15-13-21)37-31(40)22-8-5-4-6-9-22/h4-20,29H,3H2,1-2H3,(H,36,41)(H,37,40)(H,38,39,42)/b28-18-. The first kappa shape index (κ1) is 32.0. The summed E-state index contributed by atoms with van der Waals surface area (Å²) in [6, 6.07) is 28.9. The smallest absolute Gasteiger partial charge is 0.272 e. The van der Waals surface area contributed by atoms with Crippen molar-refractivity contribution in [3.63, 3.8) is 0 Å². The van der Waals surface area contributed by atoms with Crippen LogP contribution in [0.3, 0.4) is 0 Å². The molecule has 0 saturated heterocycles. The van der Waals surface area contributed by atoms with Crippen LogP contribution in [0.5, 0.6) is 5.75 Å². The zero-order chi connectivity index (χ0) is 31.8. The number of nitrogens with zero attached hydrogens (tertiary/aromatic N) is 1. The van der Waals surface area contributed by atoms with Gasteiger partial charge in [0.05, 0.1) is 22.6 Å². The predicted octanol–water partition coefficient (Wildman–Crippen LogP) is 7.99. The molecule has 0 saturated carbocycles. The van der Waals surface area contributed by atoms with Gasteiger partial charge in [0.1, 0.15) is 11.4 Å². The van der Waals surface area contributed by atoms with Gasteiger partial charge in [0.25, 0.3) is 11.8 Å². The number of fused-ring (bicyclic) bond motifs is 1. The molecule has 11 heteroatoms. The van der Waals surface area contributed by atoms with Crippen molar-refractivity contribution in [2.45, 2.75) is 23.5 Å². The largest absolute Gasteiger partial charge is 0.497 e. The topological polar surface area (TPSA) is 109 Å². The van der Waals surface area contributed by atoms with Gasteiger partial charge in [0.15, 0.2) is 5.13 Å². The Morgan fingerprint density at radius 2 is 1.73 bits per heavy atom. The number of hydrogen-bond acceptors (Lipinski definition) is 7. The fourth-order valence-electron chi connectivity index (χ4n) is 4.27. The molecule has 0 aliphatic heterocycles. The summed E-state index contributed by atoms with van der Waals surface area (Å²) in [5.41, 5.74) is 2.57. The summed E-state index contributed by atoms with van der Waals surface area (Å²) < 4.78 is 7.10. The van der Waals surface area contributed by atoms with Gasteiger partial charge in [-0.3, -0.25) is 14.4 Å². The van der Waals surface area contributed by atoms with E-state index in [1.165, 1.54) is 23.1 Å². The molecule has 45 heavy (non-hydrogen) atoms. The summed E-state index contributed by atoms with van der Waals surface area (Å²) in [5.74, 6) is -0.317. The zero-order valence-corrected chi connectivity index (χ0v) is 27.6. The van der Waals surface area contributed by atoms with E-state index < -0.39 is 17.1 Å². The number of halogens is 1. The van der Waals surface area contributed by atoms with E-state index in [4.69, 9.17) is 4.74 Å². The van der Waals surface area contributed by atoms with Crippen LogP contribution in [0, 0.1) is 0 Å². The van der Waals surface area contributed by atoms with Gasteiger partial charge in [-0.05, 0) is 78.7 Å². The molecule has 5 rings (SSSR count). The zero-order valence-electron chi connectivity index (χ0n) is 24.4. The number of carbonyl (C=O) groups is 3. The molecule has 4 aromatic carbocycles. The van der Waals surface area contributed by atoms with Crippen molar-refractivity contribution in [3.05, 3.63) is 118 Å². The highest BCUT2D eigenvalue weighted by Gasteiger charge is 2.21. The number of methoxy groups -OCH3 is 1. The van der Waals surface area contributed by atoms with Crippen molar-refractivity contribution < 1.29 is 19.1 Å². The molecule has 1 aromatic heterocycles. The third-order valence-corrected chi connectivity index (χ3v) is 9.39. The molecule has 1 unspecified atom stereocenters. The van der Waals surface area contributed by atoms with E-state index in [0.717, 1.165) is 30.9 Å². The van der Waals surface area contributed by atoms with Crippen LogP contribution < -0.4 is 20.7 Å². The summed E-state index contributed by atoms with van der Waals surface area (Å²) in [6.45, 7) is 1.95. The van der Waals surface area contributed by atoms with Crippen molar-refractivity contribution in [1.29, 1.82) is 0 Å². The van der Waals surface area contributed by atoms with Crippen LogP contribution in [-0.4, -0.2) is 35.1 Å². The molecule has 1 atom stereocenters. The Bertz CT molecular complexity index is 1860. The average Bonchev–Trinajstić information content (AvgIpc) is 3.46. The number of nitrogens with one attached hydrogen (secondary N) is 3. The second kappa shape index (κ2) is 15.0. The first-order valence-electron chi connectivity index (χ1n) is 14.0. The summed E-state index contributed by atoms with van der Waals surface area (Å²) in [4.78, 5) is 45.0. The third-order valence-electron chi connectivity index (χ3n) is 6.57. The second-order valence-electron chi connectivity index (χ2n) is 9.77. The van der Waals surface area contributed by atoms with Gasteiger partial charge in [-0.1, -0.05) is 70.6 Å². The molecule has 3 amide bonds. The van der Waals surface area contributed by atoms with E-state index >= 15 is 0 Å². The van der Waals surface area contributed by atoms with Gasteiger partial charge in [-0.2, -0.15) is 0 Å². The van der Waals surface area contributed by atoms with Gasteiger partial charge >= 0.3 is 0 Å². The molecule has 0 fully saturated rings. The normalized spacial score (nSPS) is 11.9. The number of thiazole rings is 1. The average molecular weight is 702 g/mol. The molecule has 0 bridgehead atoms. The van der Waals surface area contributed by atoms with E-state index in [2.05, 4.69) is 36.9 Å². The number of benzene rings is 4. The fraction of sp³-hybridized carbons (Fsp3) is 0.118. The summed E-state index contributed by atoms with van der Waals surface area (Å²) in [7, 11) is 1.61. The van der Waals surface area contributed by atoms with Crippen LogP contribution >= 0.6 is 39.0 Å². The van der Waals surface area contributed by atoms with E-state index in [9.17, 15) is 14.4 Å². The Labute approximate surface area is 277 Å². The molecule has 228 valence electrons. The predicted molar refractivity (Wildman–Crippen MR) is 186 cm³/mol. The quantitative estimate of drug-likeness (QED) is 0.0952. The Kier molecular flexibility index (Phi) is 10.7. The summed E-state index contributed by atoms with van der Waals surface area (Å²) in [5, 5.41) is 8.72. The van der Waals surface area contributed by atoms with Gasteiger partial charge < -0.3 is 20.7 Å². The molecule has 0 aliphatic carbocycles. The number of anilines is 2. The fourth-order valence-corrected chi connectivity index (χ4v) is 6.45. The number of amides is 3. The van der Waals surface area contributed by atoms with Crippen LogP contribution in [0.25, 0.3) is 16.3 Å². The van der Waals surface area contributed by atoms with Crippen molar-refractivity contribution >= 4 is 83.9 Å². The van der Waals surface area contributed by atoms with Crippen LogP contribution in [0.15, 0.2) is 112 Å². The highest BCUT2D eigenvalue weighted by molar-refractivity contribution is 9.10. The van der Waals surface area contributed by atoms with Gasteiger partial charge in [-0.25, -0.2) is 4.98 Å². The first-order chi connectivity index (χ1) is 21.8. The number of carbonyl (C=O) groups excluding carboxylic acids is 3. The Morgan fingerprint density at radius 3 is 2.47 bits per heavy atom. The van der Waals surface area contributed by atoms with Crippen molar-refractivity contribution in [1.82, 2.24) is 10.3 Å². The molecular weight excluding hydrogens is 672 g/mol. The number of rotatable bonds is 11. The summed E-state index contributed by atoms with van der Waals surface area (Å²) in [6.07, 6.45) is 2.20. The minimum atomic E-state index is -0.485. The summed E-state index contributed by atoms with van der Waals surface area (Å²) >= 11 is 6.20. The van der Waals surface area contributed by atoms with E-state index in [-0.39, 0.29) is 11.6 Å². The highest BCUT2D eigenvalue weighted by Crippen LogP contribution is 2.32. The minimum absolute atomic E-state index is 0.0866. The van der Waals surface area contributed by atoms with Crippen LogP contribution in [0.4, 0.5) is 10.8 Å². The highest BCUT2D eigenvalue weighted by atomic mass is 79.9. The number of thioether (sulfide) groups is 1. The molecule has 3 N–H and O–H groups in total. The lowest BCUT2D eigenvalue weighted by Crippen LogP contribution is -2.30. The van der Waals surface area contributed by atoms with E-state index in [1.54, 1.807) is 49.6 Å². The lowest BCUT2D eigenvalue weighted by atomic mass is 10.1. The van der Waals surface area contributed by atoms with Gasteiger partial charge in [0, 0.05) is 20.6 Å². The molecule has 0 aliphatic rings. The number of hydrogen-bond donors (Lipinski definition) is 3. The van der Waals surface area contributed by atoms with Crippen molar-refractivity contribution in [2.24, 2.45) is 0 Å². The number of aromatic nitrogens is 1. The third kappa shape index (κ3) is 8.59. The van der Waals surface area contributed by atoms with E-state index in [1.807, 2.05) is 67.6 Å². The van der Waals surface area contributed by atoms with Crippen molar-refractivity contribution in [3.8, 4) is 5.75 Å². The maximum Gasteiger partial charge on any atom is 0.272 e. The first-order valence-corrected chi connectivity index (χ1v) is 16.5. The van der Waals surface area contributed by atoms with Crippen molar-refractivity contribution in [2.75, 3.05) is 17.7 Å². The Balaban J connectivity index is 1.29. The maximum atomic E-state index is 13.5. The maximum absolute atomic E-state index is 13.5. The van der Waals surface area contributed by atoms with E-state index in [0.29, 0.717) is 22.8 Å². The van der Waals surface area contributed by atoms with Crippen LogP contribution in [0.1, 0.15) is 29.3 Å². The van der Waals surface area contributed by atoms with Crippen LogP contribution in [0.2, 0.25) is 0 Å². The van der Waals surface area contributed by atoms with Crippen LogP contribution in [-0.2, 0) is 9.59 Å². The molecular formula is C34H29BrN4O4S2. The van der Waals surface area contributed by atoms with Gasteiger partial charge in [-0.15, -0.1) is 11.8 Å². The lowest BCUT2D eigenvalue weighted by Gasteiger charge is -2.15. The SMILES string of the molecule is CCC(Sc1cccc(NC(=O)/C(=C/c2ccc(Br)cc2)NC(=O)c2ccccc2)c1)C(=O)Nc1nc2ccc(OC)cc2s1. The minimum Gasteiger partial charge on any atom is -0.497 e. The second-order valence-corrected chi connectivity index (χ2v) is 13.0. The monoisotopic (exact) mass is 700 g/mol. The molecule has 5 aromatic rings. The molecule has 0 radical (unpaired) electrons. The Hall–Kier alpha value is -4.45. The molecule has 8 nitrogen and oxygen atoms in total. The number of ether oxygens (including phenoxy) is 1. The molecule has 1 heterocycles. The molecule has 0 spiro atoms. The lowest BCUT2D eigenvalue weighted by molar-refractivity contribution is -0.116. The van der Waals surface area contributed by atoms with Gasteiger partial charge in [0.2, 0.25) is 5.91 Å². The Morgan fingerprint density at radius 1 is 0.956 bits per heavy atom.